The lowest BCUT2D eigenvalue weighted by Crippen LogP contribution is -2.38. The summed E-state index contributed by atoms with van der Waals surface area (Å²) in [4.78, 5) is 40.4. The number of nitrogens with zero attached hydrogens (tertiary/aromatic N) is 5. The molecule has 0 unspecified atom stereocenters. The second-order valence-corrected chi connectivity index (χ2v) is 5.87. The van der Waals surface area contributed by atoms with Crippen LogP contribution in [0.4, 0.5) is 0 Å². The summed E-state index contributed by atoms with van der Waals surface area (Å²) in [6.45, 7) is 1.34. The molecule has 1 N–H and O–H groups in total. The molecule has 3 aromatic rings. The van der Waals surface area contributed by atoms with E-state index in [0.717, 1.165) is 17.5 Å². The number of aryl methyl sites for hydroxylation is 2. The van der Waals surface area contributed by atoms with E-state index in [4.69, 9.17) is 0 Å². The number of amides is 1. The van der Waals surface area contributed by atoms with Gasteiger partial charge in [0.2, 0.25) is 5.91 Å². The number of aromatic nitrogens is 5. The molecule has 3 rings (SSSR count). The largest absolute Gasteiger partial charge is 0.354 e. The standard InChI is InChI=1S/C16H20N6O3/c1-19-14-13(15(24)20(2)16(19)25)22(11-18-14)10-12(23)17-6-5-9-21-7-3-4-8-21/h3-4,7-8,11H,5-6,9-10H2,1-2H3,(H,17,23). The molecular weight excluding hydrogens is 324 g/mol. The average molecular weight is 344 g/mol. The number of hydrogen-bond donors (Lipinski definition) is 1. The minimum Gasteiger partial charge on any atom is -0.354 e. The Bertz CT molecular complexity index is 1010. The summed E-state index contributed by atoms with van der Waals surface area (Å²) in [7, 11) is 2.95. The first-order chi connectivity index (χ1) is 12.0. The van der Waals surface area contributed by atoms with E-state index in [1.165, 1.54) is 22.5 Å². The van der Waals surface area contributed by atoms with Gasteiger partial charge in [-0.3, -0.25) is 18.7 Å². The first-order valence-corrected chi connectivity index (χ1v) is 7.97. The Balaban J connectivity index is 1.67. The number of hydrogen-bond acceptors (Lipinski definition) is 4. The molecule has 3 heterocycles. The molecule has 0 aromatic carbocycles. The van der Waals surface area contributed by atoms with E-state index < -0.39 is 11.2 Å². The number of carbonyl (C=O) groups is 1. The van der Waals surface area contributed by atoms with Crippen LogP contribution in [-0.2, 0) is 32.0 Å². The van der Waals surface area contributed by atoms with Gasteiger partial charge in [-0.15, -0.1) is 0 Å². The molecule has 0 fully saturated rings. The van der Waals surface area contributed by atoms with Gasteiger partial charge in [0.15, 0.2) is 11.2 Å². The number of fused-ring (bicyclic) bond motifs is 1. The van der Waals surface area contributed by atoms with E-state index in [-0.39, 0.29) is 23.6 Å². The first-order valence-electron chi connectivity index (χ1n) is 7.97. The Morgan fingerprint density at radius 3 is 2.60 bits per heavy atom. The Morgan fingerprint density at radius 2 is 1.88 bits per heavy atom. The van der Waals surface area contributed by atoms with Crippen molar-refractivity contribution in [2.24, 2.45) is 14.1 Å². The fourth-order valence-corrected chi connectivity index (χ4v) is 2.74. The van der Waals surface area contributed by atoms with Crippen molar-refractivity contribution in [1.29, 1.82) is 0 Å². The fraction of sp³-hybridized carbons (Fsp3) is 0.375. The minimum absolute atomic E-state index is 0.0204. The van der Waals surface area contributed by atoms with E-state index >= 15 is 0 Å². The van der Waals surface area contributed by atoms with Crippen LogP contribution < -0.4 is 16.6 Å². The van der Waals surface area contributed by atoms with E-state index in [1.54, 1.807) is 7.05 Å². The summed E-state index contributed by atoms with van der Waals surface area (Å²) in [5.41, 5.74) is -0.395. The van der Waals surface area contributed by atoms with Crippen LogP contribution in [0.15, 0.2) is 40.4 Å². The van der Waals surface area contributed by atoms with Gasteiger partial charge in [-0.05, 0) is 18.6 Å². The summed E-state index contributed by atoms with van der Waals surface area (Å²) >= 11 is 0. The van der Waals surface area contributed by atoms with E-state index in [1.807, 2.05) is 29.1 Å². The van der Waals surface area contributed by atoms with Crippen LogP contribution in [0.1, 0.15) is 6.42 Å². The maximum atomic E-state index is 12.3. The second kappa shape index (κ2) is 6.80. The molecule has 0 aliphatic rings. The maximum Gasteiger partial charge on any atom is 0.332 e. The molecular formula is C16H20N6O3. The average Bonchev–Trinajstić information content (AvgIpc) is 3.25. The van der Waals surface area contributed by atoms with Crippen molar-refractivity contribution in [2.45, 2.75) is 19.5 Å². The van der Waals surface area contributed by atoms with Crippen molar-refractivity contribution >= 4 is 17.1 Å². The Morgan fingerprint density at radius 1 is 1.16 bits per heavy atom. The van der Waals surface area contributed by atoms with Gasteiger partial charge in [-0.1, -0.05) is 0 Å². The fourth-order valence-electron chi connectivity index (χ4n) is 2.74. The molecule has 9 heteroatoms. The molecule has 1 amide bonds. The van der Waals surface area contributed by atoms with Gasteiger partial charge in [0.1, 0.15) is 6.54 Å². The molecule has 0 saturated heterocycles. The second-order valence-electron chi connectivity index (χ2n) is 5.87. The van der Waals surface area contributed by atoms with E-state index in [9.17, 15) is 14.4 Å². The van der Waals surface area contributed by atoms with Crippen molar-refractivity contribution in [3.05, 3.63) is 51.7 Å². The van der Waals surface area contributed by atoms with Crippen LogP contribution >= 0.6 is 0 Å². The predicted molar refractivity (Wildman–Crippen MR) is 92.3 cm³/mol. The number of rotatable bonds is 6. The summed E-state index contributed by atoms with van der Waals surface area (Å²) in [6.07, 6.45) is 6.16. The van der Waals surface area contributed by atoms with Crippen molar-refractivity contribution in [3.63, 3.8) is 0 Å². The molecule has 25 heavy (non-hydrogen) atoms. The van der Waals surface area contributed by atoms with Crippen molar-refractivity contribution in [1.82, 2.24) is 28.6 Å². The van der Waals surface area contributed by atoms with Crippen molar-refractivity contribution < 1.29 is 4.79 Å². The quantitative estimate of drug-likeness (QED) is 0.607. The third-order valence-corrected chi connectivity index (χ3v) is 4.11. The monoisotopic (exact) mass is 344 g/mol. The highest BCUT2D eigenvalue weighted by Gasteiger charge is 2.15. The van der Waals surface area contributed by atoms with Gasteiger partial charge >= 0.3 is 5.69 Å². The zero-order chi connectivity index (χ0) is 18.0. The van der Waals surface area contributed by atoms with Crippen LogP contribution in [0.3, 0.4) is 0 Å². The van der Waals surface area contributed by atoms with Gasteiger partial charge in [0, 0.05) is 39.6 Å². The summed E-state index contributed by atoms with van der Waals surface area (Å²) in [5.74, 6) is -0.206. The van der Waals surface area contributed by atoms with Gasteiger partial charge < -0.3 is 14.5 Å². The van der Waals surface area contributed by atoms with Crippen LogP contribution in [0.25, 0.3) is 11.2 Å². The van der Waals surface area contributed by atoms with Gasteiger partial charge in [-0.2, -0.15) is 0 Å². The van der Waals surface area contributed by atoms with Crippen LogP contribution in [0.2, 0.25) is 0 Å². The maximum absolute atomic E-state index is 12.3. The smallest absolute Gasteiger partial charge is 0.332 e. The molecule has 0 atom stereocenters. The molecule has 0 spiro atoms. The van der Waals surface area contributed by atoms with E-state index in [2.05, 4.69) is 10.3 Å². The Kier molecular flexibility index (Phi) is 4.55. The lowest BCUT2D eigenvalue weighted by atomic mass is 10.4. The van der Waals surface area contributed by atoms with Gasteiger partial charge in [0.05, 0.1) is 6.33 Å². The van der Waals surface area contributed by atoms with Crippen LogP contribution in [-0.4, -0.2) is 35.7 Å². The molecule has 0 bridgehead atoms. The van der Waals surface area contributed by atoms with E-state index in [0.29, 0.717) is 6.54 Å². The first kappa shape index (κ1) is 16.7. The highest BCUT2D eigenvalue weighted by Crippen LogP contribution is 2.05. The normalized spacial score (nSPS) is 11.1. The van der Waals surface area contributed by atoms with Crippen LogP contribution in [0, 0.1) is 0 Å². The van der Waals surface area contributed by atoms with Crippen LogP contribution in [0.5, 0.6) is 0 Å². The molecule has 0 aliphatic heterocycles. The molecule has 0 aliphatic carbocycles. The lowest BCUT2D eigenvalue weighted by Gasteiger charge is -2.08. The molecule has 0 saturated carbocycles. The predicted octanol–water partition coefficient (Wildman–Crippen LogP) is -0.558. The Labute approximate surface area is 143 Å². The SMILES string of the molecule is Cn1c(=O)c2c(ncn2CC(=O)NCCCn2cccc2)n(C)c1=O. The third kappa shape index (κ3) is 3.25. The highest BCUT2D eigenvalue weighted by atomic mass is 16.2. The van der Waals surface area contributed by atoms with Crippen molar-refractivity contribution in [2.75, 3.05) is 6.54 Å². The zero-order valence-electron chi connectivity index (χ0n) is 14.2. The van der Waals surface area contributed by atoms with Crippen molar-refractivity contribution in [3.8, 4) is 0 Å². The highest BCUT2D eigenvalue weighted by molar-refractivity contribution is 5.78. The number of imidazole rings is 1. The molecule has 3 aromatic heterocycles. The molecule has 0 radical (unpaired) electrons. The molecule has 9 nitrogen and oxygen atoms in total. The van der Waals surface area contributed by atoms with Gasteiger partial charge in [0.25, 0.3) is 5.56 Å². The zero-order valence-corrected chi connectivity index (χ0v) is 14.2. The number of nitrogens with one attached hydrogen (secondary N) is 1. The minimum atomic E-state index is -0.462. The topological polar surface area (TPSA) is 95.8 Å². The lowest BCUT2D eigenvalue weighted by molar-refractivity contribution is -0.121. The third-order valence-electron chi connectivity index (χ3n) is 4.11. The molecule has 132 valence electrons. The number of carbonyl (C=O) groups excluding carboxylic acids is 1. The van der Waals surface area contributed by atoms with Gasteiger partial charge in [-0.25, -0.2) is 9.78 Å². The summed E-state index contributed by atoms with van der Waals surface area (Å²) in [6, 6.07) is 3.91. The summed E-state index contributed by atoms with van der Waals surface area (Å²) < 4.78 is 5.82. The summed E-state index contributed by atoms with van der Waals surface area (Å²) in [5, 5.41) is 2.83. The Hall–Kier alpha value is -3.10.